The average molecular weight is 587 g/mol. The molecule has 2 aliphatic rings. The molecule has 0 aromatic heterocycles. The van der Waals surface area contributed by atoms with Gasteiger partial charge >= 0.3 is 0 Å². The number of carbonyl (C=O) groups excluding carboxylic acids is 4. The summed E-state index contributed by atoms with van der Waals surface area (Å²) >= 11 is 0.810. The fraction of sp³-hybridized carbons (Fsp3) is 0.226. The molecule has 2 aliphatic heterocycles. The number of piperazine rings is 1. The maximum atomic E-state index is 13.0. The molecular formula is C31H30N4O6S. The standard InChI is InChI=1S/C31H30N4O6S/c1-40-26-10-6-5-9-25(26)32-28(36)21-41-24-13-11-22(12-14-24)19-27-30(38)35(31(39)42-27)20-29(37)34-17-15-33(16-18-34)23-7-3-2-4-8-23/h2-14,19H,15-18,20-21H2,1H3,(H,32,36)/b27-19-. The number of ether oxygens (including phenoxy) is 2. The minimum Gasteiger partial charge on any atom is -0.495 e. The lowest BCUT2D eigenvalue weighted by atomic mass is 10.2. The summed E-state index contributed by atoms with van der Waals surface area (Å²) < 4.78 is 10.8. The summed E-state index contributed by atoms with van der Waals surface area (Å²) in [5.74, 6) is -0.0685. The van der Waals surface area contributed by atoms with E-state index in [0.29, 0.717) is 48.9 Å². The lowest BCUT2D eigenvalue weighted by molar-refractivity contribution is -0.136. The maximum absolute atomic E-state index is 13.0. The number of carbonyl (C=O) groups is 4. The molecule has 0 atom stereocenters. The highest BCUT2D eigenvalue weighted by atomic mass is 32.2. The van der Waals surface area contributed by atoms with Crippen LogP contribution in [0.2, 0.25) is 0 Å². The fourth-order valence-corrected chi connectivity index (χ4v) is 5.46. The van der Waals surface area contributed by atoms with E-state index in [1.807, 2.05) is 36.4 Å². The van der Waals surface area contributed by atoms with Crippen LogP contribution < -0.4 is 19.7 Å². The minimum absolute atomic E-state index is 0.203. The molecule has 0 unspecified atom stereocenters. The van der Waals surface area contributed by atoms with Gasteiger partial charge in [0.05, 0.1) is 17.7 Å². The number of amides is 4. The molecule has 3 aromatic carbocycles. The van der Waals surface area contributed by atoms with E-state index in [1.54, 1.807) is 53.4 Å². The number of anilines is 2. The van der Waals surface area contributed by atoms with E-state index in [-0.39, 0.29) is 29.9 Å². The van der Waals surface area contributed by atoms with Crippen molar-refractivity contribution in [2.24, 2.45) is 0 Å². The van der Waals surface area contributed by atoms with Crippen LogP contribution in [0.1, 0.15) is 5.56 Å². The molecule has 0 radical (unpaired) electrons. The lowest BCUT2D eigenvalue weighted by Crippen LogP contribution is -2.51. The zero-order chi connectivity index (χ0) is 29.5. The molecule has 2 heterocycles. The highest BCUT2D eigenvalue weighted by Gasteiger charge is 2.37. The van der Waals surface area contributed by atoms with E-state index < -0.39 is 11.1 Å². The van der Waals surface area contributed by atoms with E-state index in [4.69, 9.17) is 9.47 Å². The van der Waals surface area contributed by atoms with Crippen molar-refractivity contribution in [2.45, 2.75) is 0 Å². The second-order valence-electron chi connectivity index (χ2n) is 9.58. The van der Waals surface area contributed by atoms with Gasteiger partial charge in [-0.1, -0.05) is 42.5 Å². The third kappa shape index (κ3) is 6.92. The van der Waals surface area contributed by atoms with Gasteiger partial charge in [-0.05, 0) is 59.8 Å². The highest BCUT2D eigenvalue weighted by Crippen LogP contribution is 2.32. The zero-order valence-electron chi connectivity index (χ0n) is 23.0. The Morgan fingerprint density at radius 2 is 1.60 bits per heavy atom. The van der Waals surface area contributed by atoms with E-state index in [0.717, 1.165) is 22.3 Å². The Morgan fingerprint density at radius 3 is 2.31 bits per heavy atom. The number of thioether (sulfide) groups is 1. The second-order valence-corrected chi connectivity index (χ2v) is 10.6. The third-order valence-electron chi connectivity index (χ3n) is 6.85. The summed E-state index contributed by atoms with van der Waals surface area (Å²) in [6, 6.07) is 23.9. The Kier molecular flexibility index (Phi) is 9.08. The predicted molar refractivity (Wildman–Crippen MR) is 161 cm³/mol. The molecule has 2 saturated heterocycles. The molecule has 216 valence electrons. The fourth-order valence-electron chi connectivity index (χ4n) is 4.62. The minimum atomic E-state index is -0.491. The van der Waals surface area contributed by atoms with Gasteiger partial charge in [0.15, 0.2) is 6.61 Å². The average Bonchev–Trinajstić information content (AvgIpc) is 3.28. The number of benzene rings is 3. The molecule has 5 rings (SSSR count). The molecule has 11 heteroatoms. The van der Waals surface area contributed by atoms with Gasteiger partial charge in [0.1, 0.15) is 18.0 Å². The molecule has 1 N–H and O–H groups in total. The van der Waals surface area contributed by atoms with Crippen LogP contribution in [0, 0.1) is 0 Å². The number of para-hydroxylation sites is 3. The van der Waals surface area contributed by atoms with Gasteiger partial charge in [0.2, 0.25) is 5.91 Å². The number of hydrogen-bond acceptors (Lipinski definition) is 8. The molecule has 0 spiro atoms. The predicted octanol–water partition coefficient (Wildman–Crippen LogP) is 4.10. The van der Waals surface area contributed by atoms with Crippen molar-refractivity contribution in [3.05, 3.63) is 89.3 Å². The molecule has 10 nitrogen and oxygen atoms in total. The highest BCUT2D eigenvalue weighted by molar-refractivity contribution is 8.18. The van der Waals surface area contributed by atoms with E-state index >= 15 is 0 Å². The molecule has 0 aliphatic carbocycles. The van der Waals surface area contributed by atoms with Crippen LogP contribution in [0.4, 0.5) is 16.2 Å². The summed E-state index contributed by atoms with van der Waals surface area (Å²) in [6.45, 7) is 1.93. The second kappa shape index (κ2) is 13.3. The Labute approximate surface area is 247 Å². The monoisotopic (exact) mass is 586 g/mol. The Morgan fingerprint density at radius 1 is 0.905 bits per heavy atom. The molecule has 0 saturated carbocycles. The summed E-state index contributed by atoms with van der Waals surface area (Å²) in [4.78, 5) is 55.9. The number of nitrogens with zero attached hydrogens (tertiary/aromatic N) is 3. The first-order valence-electron chi connectivity index (χ1n) is 13.4. The summed E-state index contributed by atoms with van der Waals surface area (Å²) in [5, 5.41) is 2.27. The number of rotatable bonds is 9. The number of nitrogens with one attached hydrogen (secondary N) is 1. The van der Waals surface area contributed by atoms with Crippen molar-refractivity contribution >= 4 is 52.2 Å². The molecule has 4 amide bonds. The van der Waals surface area contributed by atoms with E-state index in [2.05, 4.69) is 10.2 Å². The summed E-state index contributed by atoms with van der Waals surface area (Å²) in [6.07, 6.45) is 1.60. The number of methoxy groups -OCH3 is 1. The van der Waals surface area contributed by atoms with Gasteiger partial charge in [-0.3, -0.25) is 24.1 Å². The molecule has 0 bridgehead atoms. The van der Waals surface area contributed by atoms with Gasteiger partial charge < -0.3 is 24.6 Å². The Balaban J connectivity index is 1.11. The van der Waals surface area contributed by atoms with Crippen molar-refractivity contribution in [1.29, 1.82) is 0 Å². The quantitative estimate of drug-likeness (QED) is 0.374. The molecule has 2 fully saturated rings. The van der Waals surface area contributed by atoms with Crippen molar-refractivity contribution in [3.63, 3.8) is 0 Å². The summed E-state index contributed by atoms with van der Waals surface area (Å²) in [7, 11) is 1.53. The van der Waals surface area contributed by atoms with Crippen LogP contribution in [0.5, 0.6) is 11.5 Å². The smallest absolute Gasteiger partial charge is 0.294 e. The summed E-state index contributed by atoms with van der Waals surface area (Å²) in [5.41, 5.74) is 2.33. The first-order valence-corrected chi connectivity index (χ1v) is 14.2. The third-order valence-corrected chi connectivity index (χ3v) is 7.76. The van der Waals surface area contributed by atoms with Crippen LogP contribution in [0.25, 0.3) is 6.08 Å². The number of imide groups is 1. The maximum Gasteiger partial charge on any atom is 0.294 e. The van der Waals surface area contributed by atoms with Gasteiger partial charge in [-0.25, -0.2) is 0 Å². The normalized spacial score (nSPS) is 16.1. The molecule has 42 heavy (non-hydrogen) atoms. The van der Waals surface area contributed by atoms with Crippen molar-refractivity contribution in [2.75, 3.05) is 56.7 Å². The van der Waals surface area contributed by atoms with E-state index in [9.17, 15) is 19.2 Å². The Bertz CT molecular complexity index is 1490. The van der Waals surface area contributed by atoms with Crippen LogP contribution in [0.3, 0.4) is 0 Å². The number of hydrogen-bond donors (Lipinski definition) is 1. The van der Waals surface area contributed by atoms with E-state index in [1.165, 1.54) is 7.11 Å². The van der Waals surface area contributed by atoms with Gasteiger partial charge in [-0.2, -0.15) is 0 Å². The molecule has 3 aromatic rings. The topological polar surface area (TPSA) is 108 Å². The van der Waals surface area contributed by atoms with Crippen molar-refractivity contribution in [3.8, 4) is 11.5 Å². The van der Waals surface area contributed by atoms with Crippen LogP contribution in [-0.4, -0.2) is 79.2 Å². The first-order chi connectivity index (χ1) is 20.4. The SMILES string of the molecule is COc1ccccc1NC(=O)COc1ccc(/C=C2\SC(=O)N(CC(=O)N3CCN(c4ccccc4)CC3)C2=O)cc1. The van der Waals surface area contributed by atoms with Crippen LogP contribution in [0.15, 0.2) is 83.8 Å². The van der Waals surface area contributed by atoms with Gasteiger partial charge in [-0.15, -0.1) is 0 Å². The molecular weight excluding hydrogens is 556 g/mol. The van der Waals surface area contributed by atoms with Gasteiger partial charge in [0, 0.05) is 31.9 Å². The van der Waals surface area contributed by atoms with Gasteiger partial charge in [0.25, 0.3) is 17.1 Å². The largest absolute Gasteiger partial charge is 0.495 e. The lowest BCUT2D eigenvalue weighted by Gasteiger charge is -2.36. The van der Waals surface area contributed by atoms with Crippen LogP contribution in [-0.2, 0) is 14.4 Å². The Hall–Kier alpha value is -4.77. The first kappa shape index (κ1) is 28.7. The zero-order valence-corrected chi connectivity index (χ0v) is 23.8. The van der Waals surface area contributed by atoms with Crippen molar-refractivity contribution < 1.29 is 28.7 Å². The van der Waals surface area contributed by atoms with Crippen LogP contribution >= 0.6 is 11.8 Å². The van der Waals surface area contributed by atoms with Crippen molar-refractivity contribution in [1.82, 2.24) is 9.80 Å².